The summed E-state index contributed by atoms with van der Waals surface area (Å²) in [7, 11) is 0. The van der Waals surface area contributed by atoms with Crippen LogP contribution in [-0.2, 0) is 19.4 Å². The third kappa shape index (κ3) is 4.06. The zero-order valence-electron chi connectivity index (χ0n) is 18.8. The molecule has 0 saturated carbocycles. The SMILES string of the molecule is CCNC(=O)c1c2n(c3c(N4CCN(CCc5ccc(F)c(F)c5)CC4)ncnc13)CCC2. The number of amides is 1. The van der Waals surface area contributed by atoms with Crippen LogP contribution in [0.3, 0.4) is 0 Å². The van der Waals surface area contributed by atoms with Gasteiger partial charge in [-0.05, 0) is 43.9 Å². The number of anilines is 1. The summed E-state index contributed by atoms with van der Waals surface area (Å²) in [5, 5.41) is 2.93. The van der Waals surface area contributed by atoms with E-state index in [0.29, 0.717) is 18.5 Å². The summed E-state index contributed by atoms with van der Waals surface area (Å²) >= 11 is 0. The van der Waals surface area contributed by atoms with Gasteiger partial charge in [0.1, 0.15) is 17.4 Å². The van der Waals surface area contributed by atoms with Crippen molar-refractivity contribution in [2.24, 2.45) is 0 Å². The van der Waals surface area contributed by atoms with Gasteiger partial charge in [0.2, 0.25) is 0 Å². The summed E-state index contributed by atoms with van der Waals surface area (Å²) in [4.78, 5) is 26.5. The zero-order valence-corrected chi connectivity index (χ0v) is 18.8. The summed E-state index contributed by atoms with van der Waals surface area (Å²) in [6.07, 6.45) is 4.13. The Morgan fingerprint density at radius 1 is 1.09 bits per heavy atom. The molecule has 2 aliphatic heterocycles. The predicted octanol–water partition coefficient (Wildman–Crippen LogP) is 2.77. The van der Waals surface area contributed by atoms with Crippen molar-refractivity contribution in [2.45, 2.75) is 32.7 Å². The highest BCUT2D eigenvalue weighted by molar-refractivity contribution is 6.09. The van der Waals surface area contributed by atoms with Crippen LogP contribution in [0.4, 0.5) is 14.6 Å². The van der Waals surface area contributed by atoms with Crippen molar-refractivity contribution in [3.8, 4) is 0 Å². The molecule has 5 rings (SSSR count). The Bertz CT molecular complexity index is 1190. The summed E-state index contributed by atoms with van der Waals surface area (Å²) in [6.45, 7) is 7.48. The molecular formula is C24H28F2N6O. The molecule has 0 unspecified atom stereocenters. The first-order chi connectivity index (χ1) is 16.1. The molecule has 33 heavy (non-hydrogen) atoms. The van der Waals surface area contributed by atoms with Gasteiger partial charge >= 0.3 is 0 Å². The lowest BCUT2D eigenvalue weighted by molar-refractivity contribution is 0.0956. The Labute approximate surface area is 191 Å². The quantitative estimate of drug-likeness (QED) is 0.621. The second-order valence-corrected chi connectivity index (χ2v) is 8.66. The van der Waals surface area contributed by atoms with Crippen LogP contribution in [0.5, 0.6) is 0 Å². The number of halogens is 2. The number of hydrogen-bond donors (Lipinski definition) is 1. The van der Waals surface area contributed by atoms with E-state index in [1.54, 1.807) is 12.4 Å². The highest BCUT2D eigenvalue weighted by Gasteiger charge is 2.30. The Morgan fingerprint density at radius 2 is 1.91 bits per heavy atom. The number of aromatic nitrogens is 3. The third-order valence-corrected chi connectivity index (χ3v) is 6.66. The molecule has 1 fully saturated rings. The molecule has 3 aromatic rings. The minimum absolute atomic E-state index is 0.0650. The smallest absolute Gasteiger partial charge is 0.255 e. The lowest BCUT2D eigenvalue weighted by Crippen LogP contribution is -2.47. The topological polar surface area (TPSA) is 66.3 Å². The number of carbonyl (C=O) groups is 1. The van der Waals surface area contributed by atoms with Crippen molar-refractivity contribution in [3.63, 3.8) is 0 Å². The van der Waals surface area contributed by atoms with Gasteiger partial charge in [-0.1, -0.05) is 6.07 Å². The first-order valence-corrected chi connectivity index (χ1v) is 11.6. The summed E-state index contributed by atoms with van der Waals surface area (Å²) in [5.74, 6) is -0.781. The summed E-state index contributed by atoms with van der Waals surface area (Å²) in [6, 6.07) is 4.11. The molecule has 174 valence electrons. The molecule has 9 heteroatoms. The number of nitrogens with one attached hydrogen (secondary N) is 1. The minimum Gasteiger partial charge on any atom is -0.352 e. The fourth-order valence-corrected chi connectivity index (χ4v) is 5.00. The zero-order chi connectivity index (χ0) is 22.9. The number of piperazine rings is 1. The lowest BCUT2D eigenvalue weighted by atomic mass is 10.1. The Balaban J connectivity index is 1.32. The van der Waals surface area contributed by atoms with Crippen LogP contribution < -0.4 is 10.2 Å². The molecule has 2 aromatic heterocycles. The largest absolute Gasteiger partial charge is 0.352 e. The van der Waals surface area contributed by atoms with E-state index in [9.17, 15) is 13.6 Å². The molecule has 0 spiro atoms. The van der Waals surface area contributed by atoms with Gasteiger partial charge < -0.3 is 14.8 Å². The van der Waals surface area contributed by atoms with Crippen molar-refractivity contribution in [3.05, 3.63) is 53.0 Å². The van der Waals surface area contributed by atoms with E-state index >= 15 is 0 Å². The van der Waals surface area contributed by atoms with Crippen molar-refractivity contribution < 1.29 is 13.6 Å². The van der Waals surface area contributed by atoms with Crippen LogP contribution in [0, 0.1) is 11.6 Å². The standard InChI is InChI=1S/C24H28F2N6O/c1-2-27-24(33)20-19-4-3-8-32(19)22-21(20)28-15-29-23(22)31-12-10-30(11-13-31)9-7-16-5-6-17(25)18(26)14-16/h5-6,14-15H,2-4,7-13H2,1H3,(H,27,33). The van der Waals surface area contributed by atoms with Gasteiger partial charge in [-0.2, -0.15) is 0 Å². The van der Waals surface area contributed by atoms with E-state index in [1.807, 2.05) is 6.92 Å². The van der Waals surface area contributed by atoms with Crippen molar-refractivity contribution in [1.82, 2.24) is 24.8 Å². The molecule has 1 amide bonds. The summed E-state index contributed by atoms with van der Waals surface area (Å²) < 4.78 is 28.8. The highest BCUT2D eigenvalue weighted by atomic mass is 19.2. The van der Waals surface area contributed by atoms with Crippen molar-refractivity contribution in [1.29, 1.82) is 0 Å². The van der Waals surface area contributed by atoms with Crippen LogP contribution in [0.1, 0.15) is 35.0 Å². The first kappa shape index (κ1) is 21.8. The van der Waals surface area contributed by atoms with Crippen LogP contribution >= 0.6 is 0 Å². The molecule has 0 bridgehead atoms. The average molecular weight is 455 g/mol. The van der Waals surface area contributed by atoms with E-state index in [1.165, 1.54) is 12.1 Å². The first-order valence-electron chi connectivity index (χ1n) is 11.6. The second kappa shape index (κ2) is 9.05. The molecule has 0 aliphatic carbocycles. The number of aryl methyl sites for hydroxylation is 1. The van der Waals surface area contributed by atoms with Crippen molar-refractivity contribution >= 4 is 22.8 Å². The Morgan fingerprint density at radius 3 is 2.67 bits per heavy atom. The van der Waals surface area contributed by atoms with E-state index in [4.69, 9.17) is 0 Å². The normalized spacial score (nSPS) is 16.4. The number of carbonyl (C=O) groups excluding carboxylic acids is 1. The maximum absolute atomic E-state index is 13.5. The molecule has 0 radical (unpaired) electrons. The third-order valence-electron chi connectivity index (χ3n) is 6.66. The molecule has 0 atom stereocenters. The van der Waals surface area contributed by atoms with E-state index < -0.39 is 11.6 Å². The number of benzene rings is 1. The van der Waals surface area contributed by atoms with Crippen LogP contribution in [0.25, 0.3) is 11.0 Å². The lowest BCUT2D eigenvalue weighted by Gasteiger charge is -2.35. The molecule has 2 aliphatic rings. The molecule has 1 N–H and O–H groups in total. The number of fused-ring (bicyclic) bond motifs is 3. The van der Waals surface area contributed by atoms with Gasteiger partial charge in [0, 0.05) is 51.5 Å². The molecule has 4 heterocycles. The van der Waals surface area contributed by atoms with Gasteiger partial charge in [-0.15, -0.1) is 0 Å². The minimum atomic E-state index is -0.810. The number of rotatable bonds is 6. The Kier molecular flexibility index (Phi) is 5.97. The molecule has 1 aromatic carbocycles. The Hall–Kier alpha value is -3.07. The second-order valence-electron chi connectivity index (χ2n) is 8.66. The molecule has 7 nitrogen and oxygen atoms in total. The van der Waals surface area contributed by atoms with Gasteiger partial charge in [-0.25, -0.2) is 18.7 Å². The van der Waals surface area contributed by atoms with Crippen LogP contribution in [-0.4, -0.2) is 64.6 Å². The number of hydrogen-bond acceptors (Lipinski definition) is 5. The maximum Gasteiger partial charge on any atom is 0.255 e. The van der Waals surface area contributed by atoms with Crippen molar-refractivity contribution in [2.75, 3.05) is 44.2 Å². The van der Waals surface area contributed by atoms with Gasteiger partial charge in [-0.3, -0.25) is 9.69 Å². The number of nitrogens with zero attached hydrogens (tertiary/aromatic N) is 5. The fraction of sp³-hybridized carbons (Fsp3) is 0.458. The maximum atomic E-state index is 13.5. The van der Waals surface area contributed by atoms with E-state index in [2.05, 4.69) is 29.7 Å². The van der Waals surface area contributed by atoms with Crippen LogP contribution in [0.15, 0.2) is 24.5 Å². The monoisotopic (exact) mass is 454 g/mol. The summed E-state index contributed by atoms with van der Waals surface area (Å²) in [5.41, 5.74) is 4.25. The van der Waals surface area contributed by atoms with Gasteiger partial charge in [0.15, 0.2) is 17.5 Å². The predicted molar refractivity (Wildman–Crippen MR) is 123 cm³/mol. The van der Waals surface area contributed by atoms with Gasteiger partial charge in [0.25, 0.3) is 5.91 Å². The van der Waals surface area contributed by atoms with E-state index in [0.717, 1.165) is 80.2 Å². The van der Waals surface area contributed by atoms with E-state index in [-0.39, 0.29) is 5.91 Å². The van der Waals surface area contributed by atoms with Crippen LogP contribution in [0.2, 0.25) is 0 Å². The molecular weight excluding hydrogens is 426 g/mol. The fourth-order valence-electron chi connectivity index (χ4n) is 5.00. The highest BCUT2D eigenvalue weighted by Crippen LogP contribution is 2.35. The van der Waals surface area contributed by atoms with Gasteiger partial charge in [0.05, 0.1) is 5.56 Å². The molecule has 1 saturated heterocycles. The average Bonchev–Trinajstić information content (AvgIpc) is 3.41.